The maximum Gasteiger partial charge on any atom is 0.519 e. The number of nitrogens with one attached hydrogen (secondary N) is 2. The van der Waals surface area contributed by atoms with Crippen LogP contribution in [0.3, 0.4) is 0 Å². The molecule has 4 aromatic carbocycles. The van der Waals surface area contributed by atoms with Crippen molar-refractivity contribution >= 4 is 46.3 Å². The van der Waals surface area contributed by atoms with Gasteiger partial charge in [-0.25, -0.2) is 0 Å². The zero-order valence-corrected chi connectivity index (χ0v) is 21.7. The van der Waals surface area contributed by atoms with Crippen molar-refractivity contribution in [3.05, 3.63) is 144 Å². The SMILES string of the molecule is c1ccc(C2=N/N[S+]=N/N=C(c3ccccc3)/C(c3ccccc3)=N\N[S+]=N\N=C\2c2ccccc2)cc1. The van der Waals surface area contributed by atoms with E-state index in [2.05, 4.69) is 39.0 Å². The molecule has 0 aromatic heterocycles. The van der Waals surface area contributed by atoms with Crippen molar-refractivity contribution in [1.29, 1.82) is 0 Å². The van der Waals surface area contributed by atoms with Gasteiger partial charge in [0.2, 0.25) is 0 Å². The van der Waals surface area contributed by atoms with Crippen molar-refractivity contribution in [1.82, 2.24) is 9.66 Å². The van der Waals surface area contributed by atoms with Gasteiger partial charge in [0.05, 0.1) is 0 Å². The van der Waals surface area contributed by atoms with Crippen LogP contribution < -0.4 is 9.66 Å². The lowest BCUT2D eigenvalue weighted by Gasteiger charge is -2.08. The van der Waals surface area contributed by atoms with Gasteiger partial charge in [0, 0.05) is 22.3 Å². The van der Waals surface area contributed by atoms with Crippen LogP contribution in [0.1, 0.15) is 22.3 Å². The largest absolute Gasteiger partial charge is 0.519 e. The molecule has 1 heterocycles. The Kier molecular flexibility index (Phi) is 8.48. The third-order valence-electron chi connectivity index (χ3n) is 5.40. The number of hydrogen-bond acceptors (Lipinski definition) is 8. The van der Waals surface area contributed by atoms with E-state index in [-0.39, 0.29) is 0 Å². The maximum absolute atomic E-state index is 4.63. The fourth-order valence-corrected chi connectivity index (χ4v) is 4.25. The van der Waals surface area contributed by atoms with E-state index in [1.54, 1.807) is 0 Å². The summed E-state index contributed by atoms with van der Waals surface area (Å²) in [5.74, 6) is 0. The van der Waals surface area contributed by atoms with Crippen LogP contribution in [0.15, 0.2) is 151 Å². The lowest BCUT2D eigenvalue weighted by Crippen LogP contribution is -2.21. The monoisotopic (exact) mass is 534 g/mol. The van der Waals surface area contributed by atoms with E-state index in [0.717, 1.165) is 45.7 Å². The molecule has 0 atom stereocenters. The first-order valence-corrected chi connectivity index (χ1v) is 13.2. The van der Waals surface area contributed by atoms with E-state index in [9.17, 15) is 0 Å². The minimum Gasteiger partial charge on any atom is -0.123 e. The highest BCUT2D eigenvalue weighted by atomic mass is 32.2. The predicted molar refractivity (Wildman–Crippen MR) is 158 cm³/mol. The molecule has 38 heavy (non-hydrogen) atoms. The molecule has 2 N–H and O–H groups in total. The van der Waals surface area contributed by atoms with E-state index in [1.807, 2.05) is 121 Å². The number of hydrazone groups is 2. The molecule has 0 amide bonds. The third kappa shape index (κ3) is 6.30. The van der Waals surface area contributed by atoms with Crippen LogP contribution in [0.25, 0.3) is 0 Å². The summed E-state index contributed by atoms with van der Waals surface area (Å²) in [5, 5.41) is 18.4. The van der Waals surface area contributed by atoms with Gasteiger partial charge < -0.3 is 0 Å². The van der Waals surface area contributed by atoms with Gasteiger partial charge in [0.1, 0.15) is 22.8 Å². The molecule has 0 bridgehead atoms. The minimum absolute atomic E-state index is 0.594. The maximum atomic E-state index is 4.63. The van der Waals surface area contributed by atoms with Gasteiger partial charge in [-0.15, -0.1) is 10.2 Å². The summed E-state index contributed by atoms with van der Waals surface area (Å²) in [5.41, 5.74) is 5.90. The summed E-state index contributed by atoms with van der Waals surface area (Å²) in [6.45, 7) is 0. The highest BCUT2D eigenvalue weighted by molar-refractivity contribution is 7.66. The molecule has 8 nitrogen and oxygen atoms in total. The summed E-state index contributed by atoms with van der Waals surface area (Å²) in [6, 6.07) is 39.2. The van der Waals surface area contributed by atoms with E-state index in [4.69, 9.17) is 0 Å². The molecule has 10 heteroatoms. The number of nitrogens with zero attached hydrogens (tertiary/aromatic N) is 6. The van der Waals surface area contributed by atoms with Crippen LogP contribution in [0.4, 0.5) is 0 Å². The first-order valence-electron chi connectivity index (χ1n) is 11.7. The third-order valence-corrected chi connectivity index (χ3v) is 6.07. The lowest BCUT2D eigenvalue weighted by molar-refractivity contribution is 1.10. The molecule has 5 rings (SSSR count). The first kappa shape index (κ1) is 24.9. The summed E-state index contributed by atoms with van der Waals surface area (Å²) < 4.78 is 8.65. The Labute approximate surface area is 228 Å². The topological polar surface area (TPSA) is 98.2 Å². The Morgan fingerprint density at radius 1 is 0.368 bits per heavy atom. The highest BCUT2D eigenvalue weighted by Crippen LogP contribution is 2.13. The first-order chi connectivity index (χ1) is 18.9. The van der Waals surface area contributed by atoms with Gasteiger partial charge >= 0.3 is 23.5 Å². The van der Waals surface area contributed by atoms with Crippen LogP contribution in [-0.2, 0) is 23.5 Å². The number of benzene rings is 4. The molecule has 0 saturated heterocycles. The predicted octanol–water partition coefficient (Wildman–Crippen LogP) is 5.16. The number of rotatable bonds is 4. The van der Waals surface area contributed by atoms with Crippen molar-refractivity contribution in [3.8, 4) is 0 Å². The lowest BCUT2D eigenvalue weighted by atomic mass is 10.00. The summed E-state index contributed by atoms with van der Waals surface area (Å²) in [6.07, 6.45) is 0. The Morgan fingerprint density at radius 2 is 0.658 bits per heavy atom. The van der Waals surface area contributed by atoms with Gasteiger partial charge in [0.25, 0.3) is 0 Å². The average molecular weight is 535 g/mol. The van der Waals surface area contributed by atoms with Gasteiger partial charge in [-0.3, -0.25) is 0 Å². The molecule has 1 aliphatic heterocycles. The quantitative estimate of drug-likeness (QED) is 0.279. The summed E-state index contributed by atoms with van der Waals surface area (Å²) >= 11 is 2.01. The van der Waals surface area contributed by atoms with Crippen molar-refractivity contribution in [2.75, 3.05) is 0 Å². The zero-order valence-electron chi connectivity index (χ0n) is 20.0. The Bertz CT molecular complexity index is 1410. The molecule has 0 radical (unpaired) electrons. The molecule has 0 aliphatic carbocycles. The molecular formula is C28H22N8S2+2. The van der Waals surface area contributed by atoms with E-state index < -0.39 is 0 Å². The molecule has 0 saturated carbocycles. The highest BCUT2D eigenvalue weighted by Gasteiger charge is 2.19. The average Bonchev–Trinajstić information content (AvgIpc) is 2.99. The second-order valence-electron chi connectivity index (χ2n) is 7.81. The standard InChI is InChI=1S/C28H22N8S2/c1-5-13-21(14-6-1)25-26(22-15-7-2-8-16-22)30-34-38-36-32-28(24-19-11-4-12-20-24)27(31-35-37-33-29-25)23-17-9-3-10-18-23/h1-20H,(H,33,35)(H,34,36)/q+2/b29-25-,30-26+,31-27+,32-28-. The molecular weight excluding hydrogens is 512 g/mol. The zero-order chi connectivity index (χ0) is 25.8. The Morgan fingerprint density at radius 3 is 0.974 bits per heavy atom. The van der Waals surface area contributed by atoms with Crippen molar-refractivity contribution in [2.24, 2.45) is 29.3 Å². The van der Waals surface area contributed by atoms with Crippen LogP contribution in [0, 0.1) is 0 Å². The van der Waals surface area contributed by atoms with Crippen LogP contribution >= 0.6 is 0 Å². The molecule has 1 aliphatic rings. The normalized spacial score (nSPS) is 19.6. The Hall–Kier alpha value is -4.80. The molecule has 184 valence electrons. The molecule has 0 unspecified atom stereocenters. The van der Waals surface area contributed by atoms with E-state index in [0.29, 0.717) is 22.8 Å². The fraction of sp³-hybridized carbons (Fsp3) is 0. The van der Waals surface area contributed by atoms with Gasteiger partial charge in [-0.05, 0) is 9.66 Å². The van der Waals surface area contributed by atoms with Crippen LogP contribution in [-0.4, -0.2) is 22.8 Å². The summed E-state index contributed by atoms with van der Waals surface area (Å²) in [4.78, 5) is 5.92. The number of hydrogen-bond donors (Lipinski definition) is 2. The molecule has 4 aromatic rings. The second kappa shape index (κ2) is 12.9. The van der Waals surface area contributed by atoms with Crippen LogP contribution in [0.2, 0.25) is 0 Å². The summed E-state index contributed by atoms with van der Waals surface area (Å²) in [7, 11) is 0. The fourth-order valence-electron chi connectivity index (χ4n) is 3.67. The van der Waals surface area contributed by atoms with Crippen molar-refractivity contribution in [3.63, 3.8) is 0 Å². The van der Waals surface area contributed by atoms with Crippen LogP contribution in [0.5, 0.6) is 0 Å². The molecule has 0 spiro atoms. The van der Waals surface area contributed by atoms with Crippen molar-refractivity contribution in [2.45, 2.75) is 0 Å². The van der Waals surface area contributed by atoms with Gasteiger partial charge in [-0.2, -0.15) is 0 Å². The van der Waals surface area contributed by atoms with Crippen molar-refractivity contribution < 1.29 is 0 Å². The van der Waals surface area contributed by atoms with Gasteiger partial charge in [-0.1, -0.05) is 132 Å². The van der Waals surface area contributed by atoms with E-state index in [1.165, 1.54) is 0 Å². The second-order valence-corrected chi connectivity index (χ2v) is 8.87. The van der Waals surface area contributed by atoms with E-state index >= 15 is 0 Å². The van der Waals surface area contributed by atoms with Gasteiger partial charge in [0.15, 0.2) is 8.94 Å². The smallest absolute Gasteiger partial charge is 0.123 e. The minimum atomic E-state index is 0.594. The Balaban J connectivity index is 1.62. The molecule has 0 fully saturated rings.